The summed E-state index contributed by atoms with van der Waals surface area (Å²) >= 11 is 0. The van der Waals surface area contributed by atoms with Crippen LogP contribution in [0.5, 0.6) is 0 Å². The SMILES string of the molecule is O=C1CCCc2cc(-c3nnn[nH]3)ccc21. The van der Waals surface area contributed by atoms with Crippen LogP contribution in [0.15, 0.2) is 18.2 Å². The van der Waals surface area contributed by atoms with E-state index in [0.717, 1.165) is 29.5 Å². The number of hydrogen-bond acceptors (Lipinski definition) is 4. The van der Waals surface area contributed by atoms with Crippen molar-refractivity contribution in [2.24, 2.45) is 0 Å². The lowest BCUT2D eigenvalue weighted by Crippen LogP contribution is -2.10. The van der Waals surface area contributed by atoms with Crippen molar-refractivity contribution in [2.75, 3.05) is 0 Å². The first-order valence-electron chi connectivity index (χ1n) is 5.25. The molecule has 1 aliphatic rings. The van der Waals surface area contributed by atoms with Gasteiger partial charge >= 0.3 is 0 Å². The van der Waals surface area contributed by atoms with Crippen LogP contribution in [0.4, 0.5) is 0 Å². The minimum atomic E-state index is 0.239. The molecule has 0 aliphatic heterocycles. The zero-order valence-electron chi connectivity index (χ0n) is 8.60. The predicted molar refractivity (Wildman–Crippen MR) is 56.9 cm³/mol. The molecule has 0 saturated heterocycles. The summed E-state index contributed by atoms with van der Waals surface area (Å²) in [5, 5.41) is 13.6. The summed E-state index contributed by atoms with van der Waals surface area (Å²) in [6, 6.07) is 5.74. The minimum Gasteiger partial charge on any atom is -0.294 e. The highest BCUT2D eigenvalue weighted by Gasteiger charge is 2.17. The monoisotopic (exact) mass is 214 g/mol. The van der Waals surface area contributed by atoms with E-state index >= 15 is 0 Å². The number of H-pyrrole nitrogens is 1. The highest BCUT2D eigenvalue weighted by Crippen LogP contribution is 2.25. The zero-order valence-corrected chi connectivity index (χ0v) is 8.60. The molecule has 5 heteroatoms. The number of hydrogen-bond donors (Lipinski definition) is 1. The first kappa shape index (κ1) is 9.21. The maximum atomic E-state index is 11.6. The van der Waals surface area contributed by atoms with Crippen LogP contribution in [0.3, 0.4) is 0 Å². The number of nitrogens with one attached hydrogen (secondary N) is 1. The third-order valence-corrected chi connectivity index (χ3v) is 2.87. The fourth-order valence-corrected chi connectivity index (χ4v) is 2.08. The van der Waals surface area contributed by atoms with Gasteiger partial charge in [0.25, 0.3) is 0 Å². The molecular formula is C11H10N4O. The number of carbonyl (C=O) groups is 1. The Hall–Kier alpha value is -2.04. The van der Waals surface area contributed by atoms with Crippen molar-refractivity contribution in [3.05, 3.63) is 29.3 Å². The van der Waals surface area contributed by atoms with Crippen LogP contribution < -0.4 is 0 Å². The van der Waals surface area contributed by atoms with Gasteiger partial charge in [0.15, 0.2) is 11.6 Å². The maximum absolute atomic E-state index is 11.6. The van der Waals surface area contributed by atoms with E-state index in [9.17, 15) is 4.79 Å². The third-order valence-electron chi connectivity index (χ3n) is 2.87. The lowest BCUT2D eigenvalue weighted by Gasteiger charge is -2.14. The number of nitrogens with zero attached hydrogens (tertiary/aromatic N) is 3. The minimum absolute atomic E-state index is 0.239. The van der Waals surface area contributed by atoms with E-state index in [1.807, 2.05) is 18.2 Å². The van der Waals surface area contributed by atoms with Gasteiger partial charge in [-0.25, -0.2) is 5.10 Å². The summed E-state index contributed by atoms with van der Waals surface area (Å²) in [4.78, 5) is 11.6. The number of aryl methyl sites for hydroxylation is 1. The normalized spacial score (nSPS) is 14.9. The largest absolute Gasteiger partial charge is 0.294 e. The van der Waals surface area contributed by atoms with Crippen LogP contribution in [0, 0.1) is 0 Å². The van der Waals surface area contributed by atoms with Crippen LogP contribution in [0.1, 0.15) is 28.8 Å². The maximum Gasteiger partial charge on any atom is 0.179 e. The second kappa shape index (κ2) is 3.52. The highest BCUT2D eigenvalue weighted by molar-refractivity contribution is 5.98. The van der Waals surface area contributed by atoms with Crippen molar-refractivity contribution >= 4 is 5.78 Å². The summed E-state index contributed by atoms with van der Waals surface area (Å²) < 4.78 is 0. The molecule has 0 atom stereocenters. The van der Waals surface area contributed by atoms with E-state index in [0.29, 0.717) is 12.2 Å². The number of rotatable bonds is 1. The van der Waals surface area contributed by atoms with Gasteiger partial charge in [-0.3, -0.25) is 4.79 Å². The molecule has 0 radical (unpaired) electrons. The standard InChI is InChI=1S/C11H10N4O/c16-10-3-1-2-7-6-8(4-5-9(7)10)11-12-14-15-13-11/h4-6H,1-3H2,(H,12,13,14,15). The van der Waals surface area contributed by atoms with E-state index in [4.69, 9.17) is 0 Å². The quantitative estimate of drug-likeness (QED) is 0.778. The molecule has 0 unspecified atom stereocenters. The average molecular weight is 214 g/mol. The second-order valence-corrected chi connectivity index (χ2v) is 3.90. The number of ketones is 1. The second-order valence-electron chi connectivity index (χ2n) is 3.90. The number of fused-ring (bicyclic) bond motifs is 1. The van der Waals surface area contributed by atoms with Gasteiger partial charge in [0.1, 0.15) is 0 Å². The number of benzene rings is 1. The Morgan fingerprint density at radius 1 is 1.25 bits per heavy atom. The Balaban J connectivity index is 2.08. The van der Waals surface area contributed by atoms with E-state index < -0.39 is 0 Å². The summed E-state index contributed by atoms with van der Waals surface area (Å²) in [6.07, 6.45) is 2.55. The van der Waals surface area contributed by atoms with Crippen LogP contribution >= 0.6 is 0 Å². The van der Waals surface area contributed by atoms with Gasteiger partial charge in [-0.05, 0) is 34.9 Å². The molecule has 1 N–H and O–H groups in total. The average Bonchev–Trinajstić information content (AvgIpc) is 2.82. The van der Waals surface area contributed by atoms with Crippen molar-refractivity contribution in [3.8, 4) is 11.4 Å². The highest BCUT2D eigenvalue weighted by atomic mass is 16.1. The van der Waals surface area contributed by atoms with Crippen LogP contribution in [0.25, 0.3) is 11.4 Å². The fourth-order valence-electron chi connectivity index (χ4n) is 2.08. The molecule has 0 fully saturated rings. The lowest BCUT2D eigenvalue weighted by molar-refractivity contribution is 0.0972. The van der Waals surface area contributed by atoms with Crippen LogP contribution in [-0.4, -0.2) is 26.4 Å². The molecular weight excluding hydrogens is 204 g/mol. The van der Waals surface area contributed by atoms with E-state index in [2.05, 4.69) is 20.6 Å². The van der Waals surface area contributed by atoms with Gasteiger partial charge in [0, 0.05) is 17.5 Å². The van der Waals surface area contributed by atoms with Crippen molar-refractivity contribution in [1.29, 1.82) is 0 Å². The topological polar surface area (TPSA) is 71.5 Å². The molecule has 2 aromatic rings. The lowest BCUT2D eigenvalue weighted by atomic mass is 9.89. The molecule has 1 heterocycles. The van der Waals surface area contributed by atoms with E-state index in [-0.39, 0.29) is 5.78 Å². The summed E-state index contributed by atoms with van der Waals surface area (Å²) in [5.74, 6) is 0.879. The molecule has 16 heavy (non-hydrogen) atoms. The number of aromatic amines is 1. The fraction of sp³-hybridized carbons (Fsp3) is 0.273. The summed E-state index contributed by atoms with van der Waals surface area (Å²) in [7, 11) is 0. The Bertz CT molecular complexity index is 533. The first-order chi connectivity index (χ1) is 7.84. The van der Waals surface area contributed by atoms with Crippen molar-refractivity contribution in [2.45, 2.75) is 19.3 Å². The van der Waals surface area contributed by atoms with Crippen molar-refractivity contribution in [3.63, 3.8) is 0 Å². The number of aromatic nitrogens is 4. The van der Waals surface area contributed by atoms with Crippen LogP contribution in [0.2, 0.25) is 0 Å². The van der Waals surface area contributed by atoms with Crippen LogP contribution in [-0.2, 0) is 6.42 Å². The molecule has 0 saturated carbocycles. The zero-order chi connectivity index (χ0) is 11.0. The van der Waals surface area contributed by atoms with Gasteiger partial charge < -0.3 is 0 Å². The molecule has 3 rings (SSSR count). The smallest absolute Gasteiger partial charge is 0.179 e. The Kier molecular flexibility index (Phi) is 2.02. The van der Waals surface area contributed by atoms with Gasteiger partial charge in [-0.1, -0.05) is 12.1 Å². The third kappa shape index (κ3) is 1.41. The van der Waals surface area contributed by atoms with Gasteiger partial charge in [0.2, 0.25) is 0 Å². The number of Topliss-reactive ketones (excluding diaryl/α,β-unsaturated/α-hetero) is 1. The Labute approximate surface area is 91.9 Å². The number of carbonyl (C=O) groups excluding carboxylic acids is 1. The molecule has 0 spiro atoms. The molecule has 0 bridgehead atoms. The van der Waals surface area contributed by atoms with Gasteiger partial charge in [-0.2, -0.15) is 0 Å². The Morgan fingerprint density at radius 2 is 2.19 bits per heavy atom. The molecule has 80 valence electrons. The first-order valence-corrected chi connectivity index (χ1v) is 5.25. The molecule has 1 aromatic carbocycles. The number of tetrazole rings is 1. The summed E-state index contributed by atoms with van der Waals surface area (Å²) in [6.45, 7) is 0. The molecule has 1 aliphatic carbocycles. The molecule has 1 aromatic heterocycles. The van der Waals surface area contributed by atoms with E-state index in [1.54, 1.807) is 0 Å². The molecule has 0 amide bonds. The van der Waals surface area contributed by atoms with Crippen molar-refractivity contribution in [1.82, 2.24) is 20.6 Å². The van der Waals surface area contributed by atoms with Crippen molar-refractivity contribution < 1.29 is 4.79 Å². The van der Waals surface area contributed by atoms with Gasteiger partial charge in [-0.15, -0.1) is 5.10 Å². The van der Waals surface area contributed by atoms with Gasteiger partial charge in [0.05, 0.1) is 0 Å². The Morgan fingerprint density at radius 3 is 3.00 bits per heavy atom. The predicted octanol–water partition coefficient (Wildman–Crippen LogP) is 1.39. The molecule has 5 nitrogen and oxygen atoms in total. The summed E-state index contributed by atoms with van der Waals surface area (Å²) in [5.41, 5.74) is 2.88. The van der Waals surface area contributed by atoms with E-state index in [1.165, 1.54) is 0 Å².